The minimum atomic E-state index is 0.506. The van der Waals surface area contributed by atoms with E-state index in [0.717, 1.165) is 17.2 Å². The van der Waals surface area contributed by atoms with E-state index < -0.39 is 0 Å². The highest BCUT2D eigenvalue weighted by Gasteiger charge is 2.22. The molecule has 0 aromatic carbocycles. The molecule has 2 N–H and O–H groups in total. The highest BCUT2D eigenvalue weighted by atomic mass is 15.3. The van der Waals surface area contributed by atoms with E-state index >= 15 is 0 Å². The van der Waals surface area contributed by atoms with Crippen molar-refractivity contribution in [2.45, 2.75) is 45.1 Å². The summed E-state index contributed by atoms with van der Waals surface area (Å²) in [4.78, 5) is 4.04. The van der Waals surface area contributed by atoms with Crippen LogP contribution >= 0.6 is 0 Å². The van der Waals surface area contributed by atoms with Crippen LogP contribution in [0.15, 0.2) is 18.5 Å². The molecule has 5 nitrogen and oxygen atoms in total. The highest BCUT2D eigenvalue weighted by Crippen LogP contribution is 2.33. The summed E-state index contributed by atoms with van der Waals surface area (Å²) in [6.45, 7) is 2.02. The van der Waals surface area contributed by atoms with E-state index in [0.29, 0.717) is 11.7 Å². The molecular weight excluding hydrogens is 238 g/mol. The molecule has 1 saturated carbocycles. The first-order valence-corrected chi connectivity index (χ1v) is 6.88. The Labute approximate surface area is 112 Å². The van der Waals surface area contributed by atoms with Crippen LogP contribution < -0.4 is 5.73 Å². The van der Waals surface area contributed by atoms with Crippen LogP contribution in [0.4, 0.5) is 5.69 Å². The molecule has 0 saturated heterocycles. The predicted octanol–water partition coefficient (Wildman–Crippen LogP) is 2.74. The van der Waals surface area contributed by atoms with Gasteiger partial charge in [-0.15, -0.1) is 10.2 Å². The first-order chi connectivity index (χ1) is 9.27. The molecule has 1 fully saturated rings. The molecular formula is C14H19N5. The zero-order valence-corrected chi connectivity index (χ0v) is 11.2. The molecule has 2 aromatic rings. The monoisotopic (exact) mass is 257 g/mol. The molecule has 1 aliphatic rings. The van der Waals surface area contributed by atoms with Gasteiger partial charge in [0.1, 0.15) is 5.82 Å². The standard InChI is InChI=1S/C14H19N5/c1-10-17-18-14(12-7-8-16-9-13(12)15)19(10)11-5-3-2-4-6-11/h7-9,11H,2-6,15H2,1H3. The molecule has 0 atom stereocenters. The van der Waals surface area contributed by atoms with E-state index in [4.69, 9.17) is 5.73 Å². The Morgan fingerprint density at radius 2 is 2.00 bits per heavy atom. The van der Waals surface area contributed by atoms with Crippen LogP contribution in [0.25, 0.3) is 11.4 Å². The van der Waals surface area contributed by atoms with Gasteiger partial charge in [0.2, 0.25) is 0 Å². The fourth-order valence-corrected chi connectivity index (χ4v) is 2.94. The number of pyridine rings is 1. The summed E-state index contributed by atoms with van der Waals surface area (Å²) in [5.74, 6) is 1.85. The van der Waals surface area contributed by atoms with Gasteiger partial charge in [0.25, 0.3) is 0 Å². The molecule has 1 aliphatic carbocycles. The lowest BCUT2D eigenvalue weighted by molar-refractivity contribution is 0.350. The molecule has 0 spiro atoms. The number of nitrogens with two attached hydrogens (primary N) is 1. The fraction of sp³-hybridized carbons (Fsp3) is 0.500. The lowest BCUT2D eigenvalue weighted by atomic mass is 9.95. The van der Waals surface area contributed by atoms with E-state index in [1.165, 1.54) is 32.1 Å². The van der Waals surface area contributed by atoms with Gasteiger partial charge in [0.15, 0.2) is 5.82 Å². The summed E-state index contributed by atoms with van der Waals surface area (Å²) in [6.07, 6.45) is 9.74. The van der Waals surface area contributed by atoms with Crippen molar-refractivity contribution in [1.29, 1.82) is 0 Å². The molecule has 0 amide bonds. The van der Waals surface area contributed by atoms with Crippen LogP contribution in [0.5, 0.6) is 0 Å². The topological polar surface area (TPSA) is 69.6 Å². The van der Waals surface area contributed by atoms with Gasteiger partial charge < -0.3 is 10.3 Å². The van der Waals surface area contributed by atoms with E-state index in [9.17, 15) is 0 Å². The lowest BCUT2D eigenvalue weighted by Crippen LogP contribution is -2.15. The van der Waals surface area contributed by atoms with Crippen molar-refractivity contribution in [1.82, 2.24) is 19.7 Å². The maximum Gasteiger partial charge on any atom is 0.166 e. The Kier molecular flexibility index (Phi) is 3.19. The summed E-state index contributed by atoms with van der Waals surface area (Å²) < 4.78 is 2.25. The van der Waals surface area contributed by atoms with Crippen molar-refractivity contribution in [3.8, 4) is 11.4 Å². The van der Waals surface area contributed by atoms with E-state index in [1.54, 1.807) is 12.4 Å². The number of aryl methyl sites for hydroxylation is 1. The fourth-order valence-electron chi connectivity index (χ4n) is 2.94. The Morgan fingerprint density at radius 1 is 1.21 bits per heavy atom. The average molecular weight is 257 g/mol. The van der Waals surface area contributed by atoms with Crippen LogP contribution in [0.1, 0.15) is 44.0 Å². The first kappa shape index (κ1) is 12.1. The van der Waals surface area contributed by atoms with Crippen molar-refractivity contribution < 1.29 is 0 Å². The molecule has 0 radical (unpaired) electrons. The summed E-state index contributed by atoms with van der Waals surface area (Å²) in [5, 5.41) is 8.57. The number of nitrogen functional groups attached to an aromatic ring is 1. The molecule has 3 rings (SSSR count). The second-order valence-electron chi connectivity index (χ2n) is 5.20. The molecule has 19 heavy (non-hydrogen) atoms. The SMILES string of the molecule is Cc1nnc(-c2ccncc2N)n1C1CCCCC1. The smallest absolute Gasteiger partial charge is 0.166 e. The third kappa shape index (κ3) is 2.20. The number of hydrogen-bond acceptors (Lipinski definition) is 4. The van der Waals surface area contributed by atoms with Gasteiger partial charge in [0, 0.05) is 17.8 Å². The first-order valence-electron chi connectivity index (χ1n) is 6.88. The van der Waals surface area contributed by atoms with Crippen molar-refractivity contribution in [2.75, 3.05) is 5.73 Å². The van der Waals surface area contributed by atoms with Crippen LogP contribution in [0, 0.1) is 6.92 Å². The summed E-state index contributed by atoms with van der Waals surface area (Å²) in [6, 6.07) is 2.42. The number of aromatic nitrogens is 4. The Morgan fingerprint density at radius 3 is 2.74 bits per heavy atom. The van der Waals surface area contributed by atoms with Crippen molar-refractivity contribution in [3.63, 3.8) is 0 Å². The van der Waals surface area contributed by atoms with Crippen molar-refractivity contribution >= 4 is 5.69 Å². The third-order valence-electron chi connectivity index (χ3n) is 3.90. The molecule has 0 unspecified atom stereocenters. The van der Waals surface area contributed by atoms with Crippen molar-refractivity contribution in [3.05, 3.63) is 24.3 Å². The van der Waals surface area contributed by atoms with Gasteiger partial charge in [-0.3, -0.25) is 4.98 Å². The normalized spacial score (nSPS) is 16.7. The van der Waals surface area contributed by atoms with Gasteiger partial charge in [0.05, 0.1) is 11.9 Å². The highest BCUT2D eigenvalue weighted by molar-refractivity contribution is 5.70. The average Bonchev–Trinajstić information content (AvgIpc) is 2.82. The zero-order valence-electron chi connectivity index (χ0n) is 11.2. The Bertz CT molecular complexity index is 569. The van der Waals surface area contributed by atoms with Crippen LogP contribution in [-0.4, -0.2) is 19.7 Å². The summed E-state index contributed by atoms with van der Waals surface area (Å²) >= 11 is 0. The second kappa shape index (κ2) is 4.99. The minimum Gasteiger partial charge on any atom is -0.397 e. The number of nitrogens with zero attached hydrogens (tertiary/aromatic N) is 4. The molecule has 0 aliphatic heterocycles. The Balaban J connectivity index is 2.05. The summed E-state index contributed by atoms with van der Waals surface area (Å²) in [5.41, 5.74) is 7.61. The van der Waals surface area contributed by atoms with Crippen molar-refractivity contribution in [2.24, 2.45) is 0 Å². The summed E-state index contributed by atoms with van der Waals surface area (Å²) in [7, 11) is 0. The largest absolute Gasteiger partial charge is 0.397 e. The maximum absolute atomic E-state index is 6.02. The van der Waals surface area contributed by atoms with Gasteiger partial charge >= 0.3 is 0 Å². The van der Waals surface area contributed by atoms with E-state index in [1.807, 2.05) is 13.0 Å². The van der Waals surface area contributed by atoms with Gasteiger partial charge in [-0.2, -0.15) is 0 Å². The number of anilines is 1. The quantitative estimate of drug-likeness (QED) is 0.898. The lowest BCUT2D eigenvalue weighted by Gasteiger charge is -2.25. The minimum absolute atomic E-state index is 0.506. The second-order valence-corrected chi connectivity index (χ2v) is 5.20. The van der Waals surface area contributed by atoms with Gasteiger partial charge in [-0.05, 0) is 25.8 Å². The Hall–Kier alpha value is -1.91. The number of rotatable bonds is 2. The zero-order chi connectivity index (χ0) is 13.2. The van der Waals surface area contributed by atoms with E-state index in [2.05, 4.69) is 19.7 Å². The van der Waals surface area contributed by atoms with E-state index in [-0.39, 0.29) is 0 Å². The maximum atomic E-state index is 6.02. The predicted molar refractivity (Wildman–Crippen MR) is 74.5 cm³/mol. The van der Waals surface area contributed by atoms with Crippen LogP contribution in [0.3, 0.4) is 0 Å². The molecule has 5 heteroatoms. The third-order valence-corrected chi connectivity index (χ3v) is 3.90. The molecule has 0 bridgehead atoms. The van der Waals surface area contributed by atoms with Crippen LogP contribution in [-0.2, 0) is 0 Å². The number of hydrogen-bond donors (Lipinski definition) is 1. The van der Waals surface area contributed by atoms with Gasteiger partial charge in [-0.25, -0.2) is 0 Å². The van der Waals surface area contributed by atoms with Crippen LogP contribution in [0.2, 0.25) is 0 Å². The van der Waals surface area contributed by atoms with Gasteiger partial charge in [-0.1, -0.05) is 19.3 Å². The molecule has 2 aromatic heterocycles. The molecule has 2 heterocycles. The molecule has 100 valence electrons.